The molecule has 0 unspecified atom stereocenters. The second kappa shape index (κ2) is 6.86. The largest absolute Gasteiger partial charge is 0.465 e. The lowest BCUT2D eigenvalue weighted by molar-refractivity contribution is 0.0270. The SMILES string of the molecule is COC(=O)c1ccc2[nH]cc(C3=CCN(C(=O)OC(C)(C)C)CC3)c2c1. The summed E-state index contributed by atoms with van der Waals surface area (Å²) in [6, 6.07) is 5.46. The number of fused-ring (bicyclic) bond motifs is 1. The van der Waals surface area contributed by atoms with E-state index in [0.29, 0.717) is 18.7 Å². The Hall–Kier alpha value is -2.76. The van der Waals surface area contributed by atoms with Crippen LogP contribution in [0.3, 0.4) is 0 Å². The maximum Gasteiger partial charge on any atom is 0.410 e. The third-order valence-corrected chi connectivity index (χ3v) is 4.31. The molecule has 138 valence electrons. The van der Waals surface area contributed by atoms with E-state index in [1.807, 2.05) is 45.2 Å². The summed E-state index contributed by atoms with van der Waals surface area (Å²) in [7, 11) is 1.37. The summed E-state index contributed by atoms with van der Waals surface area (Å²) in [4.78, 5) is 28.9. The van der Waals surface area contributed by atoms with Gasteiger partial charge in [0.05, 0.1) is 12.7 Å². The van der Waals surface area contributed by atoms with Crippen molar-refractivity contribution in [1.29, 1.82) is 0 Å². The third-order valence-electron chi connectivity index (χ3n) is 4.31. The molecule has 2 aromatic rings. The van der Waals surface area contributed by atoms with Crippen LogP contribution in [0.1, 0.15) is 43.1 Å². The van der Waals surface area contributed by atoms with Crippen LogP contribution in [0.15, 0.2) is 30.5 Å². The number of carbonyl (C=O) groups excluding carboxylic acids is 2. The number of esters is 1. The highest BCUT2D eigenvalue weighted by Gasteiger charge is 2.24. The Balaban J connectivity index is 1.82. The van der Waals surface area contributed by atoms with Gasteiger partial charge in [-0.25, -0.2) is 9.59 Å². The molecular formula is C20H24N2O4. The lowest BCUT2D eigenvalue weighted by Gasteiger charge is -2.29. The zero-order valence-electron chi connectivity index (χ0n) is 15.6. The van der Waals surface area contributed by atoms with Crippen LogP contribution < -0.4 is 0 Å². The predicted molar refractivity (Wildman–Crippen MR) is 100 cm³/mol. The maximum atomic E-state index is 12.2. The zero-order valence-corrected chi connectivity index (χ0v) is 15.6. The first kappa shape index (κ1) is 18.0. The number of aromatic amines is 1. The van der Waals surface area contributed by atoms with Crippen molar-refractivity contribution in [3.63, 3.8) is 0 Å². The first-order valence-corrected chi connectivity index (χ1v) is 8.65. The molecule has 1 N–H and O–H groups in total. The number of aromatic nitrogens is 1. The molecule has 1 aromatic heterocycles. The van der Waals surface area contributed by atoms with Crippen LogP contribution in [0, 0.1) is 0 Å². The molecule has 6 nitrogen and oxygen atoms in total. The fraction of sp³-hybridized carbons (Fsp3) is 0.400. The average Bonchev–Trinajstić information content (AvgIpc) is 3.02. The Morgan fingerprint density at radius 1 is 1.23 bits per heavy atom. The molecule has 3 rings (SSSR count). The Morgan fingerprint density at radius 3 is 2.62 bits per heavy atom. The minimum Gasteiger partial charge on any atom is -0.465 e. The van der Waals surface area contributed by atoms with Gasteiger partial charge >= 0.3 is 12.1 Å². The van der Waals surface area contributed by atoms with Gasteiger partial charge in [0.25, 0.3) is 0 Å². The van der Waals surface area contributed by atoms with E-state index < -0.39 is 5.60 Å². The van der Waals surface area contributed by atoms with Crippen molar-refractivity contribution in [2.75, 3.05) is 20.2 Å². The molecule has 2 heterocycles. The van der Waals surface area contributed by atoms with Gasteiger partial charge < -0.3 is 19.4 Å². The molecule has 1 aliphatic heterocycles. The van der Waals surface area contributed by atoms with E-state index >= 15 is 0 Å². The lowest BCUT2D eigenvalue weighted by atomic mass is 9.98. The Kier molecular flexibility index (Phi) is 4.76. The maximum absolute atomic E-state index is 12.2. The van der Waals surface area contributed by atoms with Crippen molar-refractivity contribution in [1.82, 2.24) is 9.88 Å². The number of hydrogen-bond acceptors (Lipinski definition) is 4. The standard InChI is InChI=1S/C20H24N2O4/c1-20(2,3)26-19(24)22-9-7-13(8-10-22)16-12-21-17-6-5-14(11-15(16)17)18(23)25-4/h5-7,11-12,21H,8-10H2,1-4H3. The van der Waals surface area contributed by atoms with E-state index in [0.717, 1.165) is 28.5 Å². The van der Waals surface area contributed by atoms with Gasteiger partial charge in [-0.3, -0.25) is 0 Å². The van der Waals surface area contributed by atoms with Gasteiger partial charge in [-0.1, -0.05) is 6.08 Å². The Bertz CT molecular complexity index is 874. The summed E-state index contributed by atoms with van der Waals surface area (Å²) in [6.45, 7) is 6.70. The van der Waals surface area contributed by atoms with Crippen molar-refractivity contribution in [2.24, 2.45) is 0 Å². The van der Waals surface area contributed by atoms with Gasteiger partial charge in [0, 0.05) is 35.8 Å². The van der Waals surface area contributed by atoms with Gasteiger partial charge in [0.2, 0.25) is 0 Å². The number of methoxy groups -OCH3 is 1. The smallest absolute Gasteiger partial charge is 0.410 e. The molecule has 0 atom stereocenters. The van der Waals surface area contributed by atoms with Gasteiger partial charge in [-0.2, -0.15) is 0 Å². The second-order valence-electron chi connectivity index (χ2n) is 7.36. The van der Waals surface area contributed by atoms with Crippen LogP contribution in [0.5, 0.6) is 0 Å². The molecule has 0 fully saturated rings. The number of benzene rings is 1. The van der Waals surface area contributed by atoms with E-state index in [4.69, 9.17) is 9.47 Å². The van der Waals surface area contributed by atoms with Crippen LogP contribution >= 0.6 is 0 Å². The molecule has 1 aromatic carbocycles. The highest BCUT2D eigenvalue weighted by atomic mass is 16.6. The summed E-state index contributed by atoms with van der Waals surface area (Å²) in [6.07, 6.45) is 4.43. The van der Waals surface area contributed by atoms with Crippen LogP contribution in [0.25, 0.3) is 16.5 Å². The molecule has 0 saturated heterocycles. The van der Waals surface area contributed by atoms with Crippen molar-refractivity contribution in [3.05, 3.63) is 41.6 Å². The lowest BCUT2D eigenvalue weighted by Crippen LogP contribution is -2.39. The zero-order chi connectivity index (χ0) is 18.9. The number of H-pyrrole nitrogens is 1. The minimum atomic E-state index is -0.498. The van der Waals surface area contributed by atoms with Gasteiger partial charge in [0.1, 0.15) is 5.60 Å². The molecule has 1 amide bonds. The highest BCUT2D eigenvalue weighted by Crippen LogP contribution is 2.30. The van der Waals surface area contributed by atoms with E-state index in [9.17, 15) is 9.59 Å². The van der Waals surface area contributed by atoms with Crippen molar-refractivity contribution in [3.8, 4) is 0 Å². The quantitative estimate of drug-likeness (QED) is 0.826. The van der Waals surface area contributed by atoms with Crippen molar-refractivity contribution >= 4 is 28.5 Å². The van der Waals surface area contributed by atoms with E-state index in [-0.39, 0.29) is 12.1 Å². The van der Waals surface area contributed by atoms with Gasteiger partial charge in [0.15, 0.2) is 0 Å². The van der Waals surface area contributed by atoms with Crippen LogP contribution in [0.4, 0.5) is 4.79 Å². The summed E-state index contributed by atoms with van der Waals surface area (Å²) in [5, 5.41) is 0.977. The molecular weight excluding hydrogens is 332 g/mol. The number of carbonyl (C=O) groups is 2. The number of nitrogens with one attached hydrogen (secondary N) is 1. The number of amides is 1. The number of nitrogens with zero attached hydrogens (tertiary/aromatic N) is 1. The van der Waals surface area contributed by atoms with Crippen molar-refractivity contribution < 1.29 is 19.1 Å². The van der Waals surface area contributed by atoms with Crippen LogP contribution in [0.2, 0.25) is 0 Å². The molecule has 0 aliphatic carbocycles. The van der Waals surface area contributed by atoms with Gasteiger partial charge in [-0.05, 0) is 51.0 Å². The average molecular weight is 356 g/mol. The molecule has 26 heavy (non-hydrogen) atoms. The molecule has 0 radical (unpaired) electrons. The Morgan fingerprint density at radius 2 is 2.00 bits per heavy atom. The van der Waals surface area contributed by atoms with E-state index in [1.54, 1.807) is 11.0 Å². The summed E-state index contributed by atoms with van der Waals surface area (Å²) < 4.78 is 10.2. The summed E-state index contributed by atoms with van der Waals surface area (Å²) in [5.74, 6) is -0.354. The van der Waals surface area contributed by atoms with E-state index in [1.165, 1.54) is 7.11 Å². The molecule has 0 spiro atoms. The molecule has 0 bridgehead atoms. The number of hydrogen-bond donors (Lipinski definition) is 1. The normalized spacial score (nSPS) is 14.9. The minimum absolute atomic E-state index is 0.292. The van der Waals surface area contributed by atoms with Crippen molar-refractivity contribution in [2.45, 2.75) is 32.8 Å². The third kappa shape index (κ3) is 3.74. The molecule has 0 saturated carbocycles. The Labute approximate surface area is 152 Å². The predicted octanol–water partition coefficient (Wildman–Crippen LogP) is 3.98. The fourth-order valence-electron chi connectivity index (χ4n) is 3.04. The number of ether oxygens (including phenoxy) is 2. The fourth-order valence-corrected chi connectivity index (χ4v) is 3.04. The van der Waals surface area contributed by atoms with Crippen LogP contribution in [-0.4, -0.2) is 47.7 Å². The number of rotatable bonds is 2. The topological polar surface area (TPSA) is 71.6 Å². The first-order valence-electron chi connectivity index (χ1n) is 8.65. The monoisotopic (exact) mass is 356 g/mol. The summed E-state index contributed by atoms with van der Waals surface area (Å²) >= 11 is 0. The van der Waals surface area contributed by atoms with Gasteiger partial charge in [-0.15, -0.1) is 0 Å². The first-order chi connectivity index (χ1) is 12.3. The van der Waals surface area contributed by atoms with E-state index in [2.05, 4.69) is 4.98 Å². The molecule has 1 aliphatic rings. The van der Waals surface area contributed by atoms with Crippen LogP contribution in [-0.2, 0) is 9.47 Å². The highest BCUT2D eigenvalue weighted by molar-refractivity contribution is 5.99. The second-order valence-corrected chi connectivity index (χ2v) is 7.36. The molecule has 6 heteroatoms. The summed E-state index contributed by atoms with van der Waals surface area (Å²) in [5.41, 5.74) is 3.19.